The van der Waals surface area contributed by atoms with Crippen LogP contribution in [0.5, 0.6) is 0 Å². The first-order valence-electron chi connectivity index (χ1n) is 5.58. The van der Waals surface area contributed by atoms with E-state index in [4.69, 9.17) is 0 Å². The molecule has 0 bridgehead atoms. The Bertz CT molecular complexity index is 398. The highest BCUT2D eigenvalue weighted by Crippen LogP contribution is 2.11. The Balaban J connectivity index is 2.15. The lowest BCUT2D eigenvalue weighted by Crippen LogP contribution is -2.27. The minimum atomic E-state index is 0.549. The molecule has 0 aliphatic heterocycles. The van der Waals surface area contributed by atoms with Gasteiger partial charge in [-0.2, -0.15) is 0 Å². The van der Waals surface area contributed by atoms with Crippen molar-refractivity contribution in [1.29, 1.82) is 0 Å². The van der Waals surface area contributed by atoms with Gasteiger partial charge in [0.25, 0.3) is 0 Å². The van der Waals surface area contributed by atoms with Crippen LogP contribution >= 0.6 is 0 Å². The summed E-state index contributed by atoms with van der Waals surface area (Å²) < 4.78 is 2.17. The van der Waals surface area contributed by atoms with Crippen molar-refractivity contribution in [3.05, 3.63) is 42.2 Å². The van der Waals surface area contributed by atoms with Crippen molar-refractivity contribution in [3.63, 3.8) is 0 Å². The number of likely N-dealkylation sites (N-methyl/N-ethyl adjacent to an activating group) is 1. The van der Waals surface area contributed by atoms with Gasteiger partial charge in [0.1, 0.15) is 0 Å². The van der Waals surface area contributed by atoms with E-state index in [0.29, 0.717) is 6.04 Å². The number of nitrogens with one attached hydrogen (secondary N) is 1. The van der Waals surface area contributed by atoms with Crippen LogP contribution < -0.4 is 5.32 Å². The Morgan fingerprint density at radius 3 is 3.00 bits per heavy atom. The first-order chi connectivity index (χ1) is 7.29. The van der Waals surface area contributed by atoms with Gasteiger partial charge in [-0.3, -0.25) is 0 Å². The molecule has 2 heterocycles. The summed E-state index contributed by atoms with van der Waals surface area (Å²) in [6.45, 7) is 5.41. The third-order valence-corrected chi connectivity index (χ3v) is 2.66. The van der Waals surface area contributed by atoms with E-state index < -0.39 is 0 Å². The minimum absolute atomic E-state index is 0.549. The number of aromatic nitrogens is 1. The Morgan fingerprint density at radius 2 is 2.27 bits per heavy atom. The first kappa shape index (κ1) is 10.2. The normalized spacial score (nSPS) is 13.2. The van der Waals surface area contributed by atoms with Gasteiger partial charge in [-0.1, -0.05) is 13.0 Å². The zero-order chi connectivity index (χ0) is 10.7. The van der Waals surface area contributed by atoms with Crippen molar-refractivity contribution in [2.24, 2.45) is 0 Å². The lowest BCUT2D eigenvalue weighted by atomic mass is 10.1. The molecule has 0 amide bonds. The van der Waals surface area contributed by atoms with Crippen molar-refractivity contribution in [2.75, 3.05) is 6.54 Å². The highest BCUT2D eigenvalue weighted by Gasteiger charge is 2.03. The standard InChI is InChI=1S/C13H18N2/c1-3-14-11(2)8-12-9-13-6-4-5-7-15(13)10-12/h4-7,9-11,14H,3,8H2,1-2H3. The van der Waals surface area contributed by atoms with E-state index in [0.717, 1.165) is 13.0 Å². The predicted molar refractivity (Wildman–Crippen MR) is 64.2 cm³/mol. The van der Waals surface area contributed by atoms with Crippen LogP contribution in [0.15, 0.2) is 36.7 Å². The zero-order valence-electron chi connectivity index (χ0n) is 9.40. The molecule has 0 saturated carbocycles. The summed E-state index contributed by atoms with van der Waals surface area (Å²) in [5.41, 5.74) is 2.67. The van der Waals surface area contributed by atoms with Crippen molar-refractivity contribution in [3.8, 4) is 0 Å². The number of rotatable bonds is 4. The number of pyridine rings is 1. The fraction of sp³-hybridized carbons (Fsp3) is 0.385. The van der Waals surface area contributed by atoms with Crippen LogP contribution in [0.1, 0.15) is 19.4 Å². The smallest absolute Gasteiger partial charge is 0.0452 e. The molecular formula is C13H18N2. The van der Waals surface area contributed by atoms with Crippen LogP contribution in [0.2, 0.25) is 0 Å². The summed E-state index contributed by atoms with van der Waals surface area (Å²) in [5, 5.41) is 3.43. The highest BCUT2D eigenvalue weighted by molar-refractivity contribution is 5.50. The Labute approximate surface area is 90.9 Å². The lowest BCUT2D eigenvalue weighted by molar-refractivity contribution is 0.565. The molecule has 80 valence electrons. The molecule has 1 N–H and O–H groups in total. The molecule has 2 heteroatoms. The van der Waals surface area contributed by atoms with E-state index >= 15 is 0 Å². The minimum Gasteiger partial charge on any atom is -0.324 e. The molecule has 2 aromatic rings. The van der Waals surface area contributed by atoms with Gasteiger partial charge in [0, 0.05) is 24.0 Å². The van der Waals surface area contributed by atoms with Gasteiger partial charge in [-0.05, 0) is 43.7 Å². The molecule has 0 radical (unpaired) electrons. The van der Waals surface area contributed by atoms with Gasteiger partial charge in [0.2, 0.25) is 0 Å². The summed E-state index contributed by atoms with van der Waals surface area (Å²) in [4.78, 5) is 0. The van der Waals surface area contributed by atoms with Gasteiger partial charge in [-0.25, -0.2) is 0 Å². The molecule has 0 fully saturated rings. The van der Waals surface area contributed by atoms with Crippen molar-refractivity contribution < 1.29 is 0 Å². The summed E-state index contributed by atoms with van der Waals surface area (Å²) in [6, 6.07) is 9.08. The van der Waals surface area contributed by atoms with Crippen LogP contribution in [0, 0.1) is 0 Å². The molecule has 0 aliphatic carbocycles. The SMILES string of the molecule is CCNC(C)Cc1cc2ccccn2c1. The third kappa shape index (κ3) is 2.39. The summed E-state index contributed by atoms with van der Waals surface area (Å²) >= 11 is 0. The Morgan fingerprint density at radius 1 is 1.40 bits per heavy atom. The van der Waals surface area contributed by atoms with Gasteiger partial charge in [0.15, 0.2) is 0 Å². The Kier molecular flexibility index (Phi) is 3.07. The Hall–Kier alpha value is -1.28. The molecule has 0 spiro atoms. The number of hydrogen-bond acceptors (Lipinski definition) is 1. The lowest BCUT2D eigenvalue weighted by Gasteiger charge is -2.09. The van der Waals surface area contributed by atoms with Gasteiger partial charge in [-0.15, -0.1) is 0 Å². The van der Waals surface area contributed by atoms with E-state index in [-0.39, 0.29) is 0 Å². The molecule has 1 unspecified atom stereocenters. The van der Waals surface area contributed by atoms with E-state index in [1.54, 1.807) is 0 Å². The second kappa shape index (κ2) is 4.49. The number of nitrogens with zero attached hydrogens (tertiary/aromatic N) is 1. The third-order valence-electron chi connectivity index (χ3n) is 2.66. The number of hydrogen-bond donors (Lipinski definition) is 1. The molecule has 2 rings (SSSR count). The highest BCUT2D eigenvalue weighted by atomic mass is 14.9. The largest absolute Gasteiger partial charge is 0.324 e. The molecule has 2 aromatic heterocycles. The molecule has 0 saturated heterocycles. The molecule has 0 aliphatic rings. The van der Waals surface area contributed by atoms with Crippen LogP contribution in [0.25, 0.3) is 5.52 Å². The molecule has 1 atom stereocenters. The van der Waals surface area contributed by atoms with E-state index in [9.17, 15) is 0 Å². The van der Waals surface area contributed by atoms with Gasteiger partial charge < -0.3 is 9.72 Å². The van der Waals surface area contributed by atoms with Gasteiger partial charge in [0.05, 0.1) is 0 Å². The topological polar surface area (TPSA) is 16.4 Å². The van der Waals surface area contributed by atoms with Crippen LogP contribution in [-0.4, -0.2) is 17.0 Å². The summed E-state index contributed by atoms with van der Waals surface area (Å²) in [7, 11) is 0. The van der Waals surface area contributed by atoms with E-state index in [1.807, 2.05) is 0 Å². The maximum absolute atomic E-state index is 3.43. The maximum atomic E-state index is 3.43. The average Bonchev–Trinajstić information content (AvgIpc) is 2.59. The van der Waals surface area contributed by atoms with Crippen molar-refractivity contribution >= 4 is 5.52 Å². The van der Waals surface area contributed by atoms with E-state index in [2.05, 4.69) is 60.2 Å². The first-order valence-corrected chi connectivity index (χ1v) is 5.58. The van der Waals surface area contributed by atoms with Crippen LogP contribution in [0.4, 0.5) is 0 Å². The zero-order valence-corrected chi connectivity index (χ0v) is 9.40. The van der Waals surface area contributed by atoms with Crippen molar-refractivity contribution in [2.45, 2.75) is 26.3 Å². The second-order valence-corrected chi connectivity index (χ2v) is 4.04. The van der Waals surface area contributed by atoms with Crippen LogP contribution in [0.3, 0.4) is 0 Å². The molecule has 0 aromatic carbocycles. The molecule has 15 heavy (non-hydrogen) atoms. The fourth-order valence-corrected chi connectivity index (χ4v) is 2.00. The second-order valence-electron chi connectivity index (χ2n) is 4.04. The van der Waals surface area contributed by atoms with Crippen LogP contribution in [-0.2, 0) is 6.42 Å². The predicted octanol–water partition coefficient (Wildman–Crippen LogP) is 2.48. The average molecular weight is 202 g/mol. The van der Waals surface area contributed by atoms with Gasteiger partial charge >= 0.3 is 0 Å². The molecule has 2 nitrogen and oxygen atoms in total. The fourth-order valence-electron chi connectivity index (χ4n) is 2.00. The monoisotopic (exact) mass is 202 g/mol. The maximum Gasteiger partial charge on any atom is 0.0452 e. The van der Waals surface area contributed by atoms with Crippen molar-refractivity contribution in [1.82, 2.24) is 9.72 Å². The summed E-state index contributed by atoms with van der Waals surface area (Å²) in [5.74, 6) is 0. The number of fused-ring (bicyclic) bond motifs is 1. The summed E-state index contributed by atoms with van der Waals surface area (Å²) in [6.07, 6.45) is 5.40. The quantitative estimate of drug-likeness (QED) is 0.805. The molecular weight excluding hydrogens is 184 g/mol. The van der Waals surface area contributed by atoms with E-state index in [1.165, 1.54) is 11.1 Å².